The molecule has 0 spiro atoms. The molecule has 0 unspecified atom stereocenters. The first kappa shape index (κ1) is 10.4. The van der Waals surface area contributed by atoms with Gasteiger partial charge in [-0.05, 0) is 0 Å². The summed E-state index contributed by atoms with van der Waals surface area (Å²) in [4.78, 5) is 25.7. The third-order valence-electron chi connectivity index (χ3n) is 1.77. The average molecular weight is 237 g/mol. The van der Waals surface area contributed by atoms with Crippen molar-refractivity contribution in [2.24, 2.45) is 0 Å². The Balaban J connectivity index is 2.56. The molecule has 0 saturated carbocycles. The third kappa shape index (κ3) is 1.96. The Hall–Kier alpha value is -2.08. The van der Waals surface area contributed by atoms with Gasteiger partial charge in [0.15, 0.2) is 0 Å². The van der Waals surface area contributed by atoms with Crippen molar-refractivity contribution in [1.82, 2.24) is 19.9 Å². The first-order valence-electron chi connectivity index (χ1n) is 4.19. The van der Waals surface area contributed by atoms with Crippen LogP contribution in [0.1, 0.15) is 10.6 Å². The summed E-state index contributed by atoms with van der Waals surface area (Å²) in [6.07, 6.45) is 5.58. The van der Waals surface area contributed by atoms with E-state index < -0.39 is 5.97 Å². The molecular formula is C9H5ClN4O2. The zero-order chi connectivity index (χ0) is 11.5. The van der Waals surface area contributed by atoms with Gasteiger partial charge in [0.1, 0.15) is 6.33 Å². The van der Waals surface area contributed by atoms with Crippen LogP contribution in [0.5, 0.6) is 0 Å². The molecule has 7 heteroatoms. The fourth-order valence-corrected chi connectivity index (χ4v) is 1.29. The molecule has 2 heterocycles. The smallest absolute Gasteiger partial charge is 0.373 e. The van der Waals surface area contributed by atoms with E-state index in [1.165, 1.54) is 24.9 Å². The lowest BCUT2D eigenvalue weighted by Crippen LogP contribution is -2.05. The van der Waals surface area contributed by atoms with Gasteiger partial charge in [-0.2, -0.15) is 0 Å². The van der Waals surface area contributed by atoms with Crippen LogP contribution < -0.4 is 0 Å². The van der Waals surface area contributed by atoms with Crippen LogP contribution in [-0.2, 0) is 0 Å². The maximum absolute atomic E-state index is 10.7. The van der Waals surface area contributed by atoms with Crippen molar-refractivity contribution in [3.8, 4) is 11.3 Å². The number of halogens is 1. The Kier molecular flexibility index (Phi) is 2.74. The zero-order valence-electron chi connectivity index (χ0n) is 7.83. The van der Waals surface area contributed by atoms with Gasteiger partial charge >= 0.3 is 5.97 Å². The van der Waals surface area contributed by atoms with Crippen LogP contribution in [0.4, 0.5) is 0 Å². The Labute approximate surface area is 95.0 Å². The van der Waals surface area contributed by atoms with E-state index in [1.807, 2.05) is 0 Å². The molecule has 0 aliphatic carbocycles. The summed E-state index contributed by atoms with van der Waals surface area (Å²) in [5.41, 5.74) is 0.840. The van der Waals surface area contributed by atoms with E-state index in [9.17, 15) is 4.79 Å². The Morgan fingerprint density at radius 1 is 1.25 bits per heavy atom. The van der Waals surface area contributed by atoms with E-state index in [4.69, 9.17) is 16.7 Å². The van der Waals surface area contributed by atoms with Crippen molar-refractivity contribution in [3.05, 3.63) is 35.8 Å². The highest BCUT2D eigenvalue weighted by atomic mass is 35.5. The number of carboxylic acid groups (broad SMARTS) is 1. The lowest BCUT2D eigenvalue weighted by Gasteiger charge is -2.02. The molecule has 0 aliphatic heterocycles. The van der Waals surface area contributed by atoms with E-state index in [0.717, 1.165) is 0 Å². The van der Waals surface area contributed by atoms with Gasteiger partial charge in [0.05, 0.1) is 16.9 Å². The highest BCUT2D eigenvalue weighted by Crippen LogP contribution is 2.23. The van der Waals surface area contributed by atoms with Crippen molar-refractivity contribution in [3.63, 3.8) is 0 Å². The molecule has 0 aliphatic rings. The minimum Gasteiger partial charge on any atom is -0.475 e. The van der Waals surface area contributed by atoms with Gasteiger partial charge in [-0.1, -0.05) is 11.6 Å². The van der Waals surface area contributed by atoms with E-state index >= 15 is 0 Å². The van der Waals surface area contributed by atoms with Crippen LogP contribution in [0.15, 0.2) is 24.9 Å². The van der Waals surface area contributed by atoms with Crippen LogP contribution in [0.3, 0.4) is 0 Å². The van der Waals surface area contributed by atoms with Crippen molar-refractivity contribution >= 4 is 17.6 Å². The summed E-state index contributed by atoms with van der Waals surface area (Å²) >= 11 is 5.86. The van der Waals surface area contributed by atoms with Crippen LogP contribution in [0.2, 0.25) is 5.02 Å². The standard InChI is InChI=1S/C9H5ClN4O2/c10-6-3-13-8(9(15)16)14-7(6)5-1-11-4-12-2-5/h1-4H,(H,15,16). The fourth-order valence-electron chi connectivity index (χ4n) is 1.09. The van der Waals surface area contributed by atoms with Crippen molar-refractivity contribution in [2.45, 2.75) is 0 Å². The lowest BCUT2D eigenvalue weighted by atomic mass is 10.2. The molecule has 2 rings (SSSR count). The maximum atomic E-state index is 10.7. The number of nitrogens with zero attached hydrogens (tertiary/aromatic N) is 4. The summed E-state index contributed by atoms with van der Waals surface area (Å²) in [6, 6.07) is 0. The number of hydrogen-bond acceptors (Lipinski definition) is 5. The highest BCUT2D eigenvalue weighted by molar-refractivity contribution is 6.32. The number of aromatic nitrogens is 4. The molecule has 0 bridgehead atoms. The van der Waals surface area contributed by atoms with Gasteiger partial charge in [-0.15, -0.1) is 0 Å². The van der Waals surface area contributed by atoms with Crippen molar-refractivity contribution < 1.29 is 9.90 Å². The second kappa shape index (κ2) is 4.19. The first-order chi connectivity index (χ1) is 7.68. The van der Waals surface area contributed by atoms with Gasteiger partial charge in [-0.3, -0.25) is 0 Å². The average Bonchev–Trinajstić information content (AvgIpc) is 2.30. The Bertz CT molecular complexity index is 532. The van der Waals surface area contributed by atoms with Gasteiger partial charge in [0.25, 0.3) is 0 Å². The Morgan fingerprint density at radius 3 is 2.56 bits per heavy atom. The minimum absolute atomic E-state index is 0.250. The fraction of sp³-hybridized carbons (Fsp3) is 0. The minimum atomic E-state index is -1.21. The van der Waals surface area contributed by atoms with Crippen LogP contribution in [0.25, 0.3) is 11.3 Å². The third-order valence-corrected chi connectivity index (χ3v) is 2.05. The number of aromatic carboxylic acids is 1. The lowest BCUT2D eigenvalue weighted by molar-refractivity contribution is 0.0683. The van der Waals surface area contributed by atoms with E-state index in [1.54, 1.807) is 0 Å². The first-order valence-corrected chi connectivity index (χ1v) is 4.57. The van der Waals surface area contributed by atoms with Gasteiger partial charge < -0.3 is 5.11 Å². The summed E-state index contributed by atoms with van der Waals surface area (Å²) in [5, 5.41) is 9.00. The summed E-state index contributed by atoms with van der Waals surface area (Å²) in [5.74, 6) is -1.53. The monoisotopic (exact) mass is 236 g/mol. The van der Waals surface area contributed by atoms with Gasteiger partial charge in [0.2, 0.25) is 5.82 Å². The molecule has 1 N–H and O–H groups in total. The molecule has 2 aromatic rings. The number of carbonyl (C=O) groups is 1. The zero-order valence-corrected chi connectivity index (χ0v) is 8.59. The molecule has 80 valence electrons. The molecule has 0 saturated heterocycles. The number of hydrogen-bond donors (Lipinski definition) is 1. The predicted octanol–water partition coefficient (Wildman–Crippen LogP) is 1.29. The van der Waals surface area contributed by atoms with Crippen molar-refractivity contribution in [2.75, 3.05) is 0 Å². The second-order valence-corrected chi connectivity index (χ2v) is 3.23. The molecule has 0 fully saturated rings. The molecule has 6 nitrogen and oxygen atoms in total. The van der Waals surface area contributed by atoms with E-state index in [2.05, 4.69) is 19.9 Å². The van der Waals surface area contributed by atoms with Crippen LogP contribution in [0, 0.1) is 0 Å². The number of rotatable bonds is 2. The van der Waals surface area contributed by atoms with Gasteiger partial charge in [-0.25, -0.2) is 24.7 Å². The largest absolute Gasteiger partial charge is 0.475 e. The molecule has 0 radical (unpaired) electrons. The summed E-state index contributed by atoms with van der Waals surface area (Å²) < 4.78 is 0. The maximum Gasteiger partial charge on any atom is 0.373 e. The normalized spacial score (nSPS) is 10.1. The number of carboxylic acids is 1. The quantitative estimate of drug-likeness (QED) is 0.845. The van der Waals surface area contributed by atoms with E-state index in [-0.39, 0.29) is 10.8 Å². The van der Waals surface area contributed by atoms with Crippen molar-refractivity contribution in [1.29, 1.82) is 0 Å². The van der Waals surface area contributed by atoms with Crippen LogP contribution >= 0.6 is 11.6 Å². The van der Waals surface area contributed by atoms with E-state index in [0.29, 0.717) is 11.3 Å². The SMILES string of the molecule is O=C(O)c1ncc(Cl)c(-c2cncnc2)n1. The van der Waals surface area contributed by atoms with Crippen LogP contribution in [-0.4, -0.2) is 31.0 Å². The predicted molar refractivity (Wildman–Crippen MR) is 55.0 cm³/mol. The topological polar surface area (TPSA) is 88.9 Å². The molecule has 0 aromatic carbocycles. The molecule has 16 heavy (non-hydrogen) atoms. The summed E-state index contributed by atoms with van der Waals surface area (Å²) in [6.45, 7) is 0. The molecule has 2 aromatic heterocycles. The molecule has 0 amide bonds. The highest BCUT2D eigenvalue weighted by Gasteiger charge is 2.12. The second-order valence-electron chi connectivity index (χ2n) is 2.82. The summed E-state index contributed by atoms with van der Waals surface area (Å²) in [7, 11) is 0. The molecule has 0 atom stereocenters. The molecular weight excluding hydrogens is 232 g/mol. The Morgan fingerprint density at radius 2 is 1.94 bits per heavy atom. The van der Waals surface area contributed by atoms with Gasteiger partial charge in [0, 0.05) is 18.0 Å².